The van der Waals surface area contributed by atoms with Gasteiger partial charge >= 0.3 is 0 Å². The molecule has 9 nitrogen and oxygen atoms in total. The standard InChI is InChI=1S/C16H13FN6O3S2/c17-13-4-2-10(7-19-13)9-1-3-11-12(5-9)27-16(21-11)6-14-22-23-15(26-14)8-20-28(18,24)25/h1-5,7,20H,6,8H2,(H2,18,24,25). The molecule has 28 heavy (non-hydrogen) atoms. The largest absolute Gasteiger partial charge is 0.423 e. The van der Waals surface area contributed by atoms with E-state index in [1.807, 2.05) is 18.2 Å². The summed E-state index contributed by atoms with van der Waals surface area (Å²) in [5.74, 6) is -0.104. The highest BCUT2D eigenvalue weighted by Crippen LogP contribution is 2.29. The molecule has 4 aromatic rings. The van der Waals surface area contributed by atoms with Crippen molar-refractivity contribution < 1.29 is 17.2 Å². The second kappa shape index (κ2) is 7.31. The minimum atomic E-state index is -3.83. The van der Waals surface area contributed by atoms with E-state index in [1.165, 1.54) is 23.6 Å². The molecule has 0 radical (unpaired) electrons. The Morgan fingerprint density at radius 3 is 2.68 bits per heavy atom. The Bertz CT molecular complexity index is 1240. The van der Waals surface area contributed by atoms with Gasteiger partial charge in [-0.3, -0.25) is 0 Å². The van der Waals surface area contributed by atoms with Gasteiger partial charge in [0.25, 0.3) is 10.2 Å². The fraction of sp³-hybridized carbons (Fsp3) is 0.125. The van der Waals surface area contributed by atoms with Gasteiger partial charge in [-0.25, -0.2) is 15.1 Å². The van der Waals surface area contributed by atoms with Crippen LogP contribution in [0.25, 0.3) is 21.3 Å². The molecule has 0 aliphatic carbocycles. The van der Waals surface area contributed by atoms with Crippen molar-refractivity contribution in [2.45, 2.75) is 13.0 Å². The first-order valence-electron chi connectivity index (χ1n) is 7.96. The maximum absolute atomic E-state index is 13.0. The Balaban J connectivity index is 1.52. The minimum absolute atomic E-state index is 0.108. The van der Waals surface area contributed by atoms with Gasteiger partial charge in [0.2, 0.25) is 17.7 Å². The molecular formula is C16H13FN6O3S2. The monoisotopic (exact) mass is 420 g/mol. The number of halogens is 1. The van der Waals surface area contributed by atoms with Crippen LogP contribution in [0.2, 0.25) is 0 Å². The molecule has 144 valence electrons. The van der Waals surface area contributed by atoms with Crippen molar-refractivity contribution in [1.82, 2.24) is 24.9 Å². The van der Waals surface area contributed by atoms with Crippen LogP contribution in [0.3, 0.4) is 0 Å². The number of benzene rings is 1. The molecule has 4 rings (SSSR count). The molecule has 0 spiro atoms. The van der Waals surface area contributed by atoms with E-state index in [-0.39, 0.29) is 12.4 Å². The summed E-state index contributed by atoms with van der Waals surface area (Å²) >= 11 is 1.47. The Labute approximate surface area is 162 Å². The maximum Gasteiger partial charge on any atom is 0.274 e. The van der Waals surface area contributed by atoms with Gasteiger partial charge in [-0.05, 0) is 29.8 Å². The zero-order valence-electron chi connectivity index (χ0n) is 14.2. The fourth-order valence-corrected chi connectivity index (χ4v) is 3.82. The Morgan fingerprint density at radius 1 is 1.14 bits per heavy atom. The molecule has 0 fully saturated rings. The predicted octanol–water partition coefficient (Wildman–Crippen LogP) is 1.76. The van der Waals surface area contributed by atoms with Crippen molar-refractivity contribution in [1.29, 1.82) is 0 Å². The van der Waals surface area contributed by atoms with Gasteiger partial charge in [-0.15, -0.1) is 21.5 Å². The average Bonchev–Trinajstić information content (AvgIpc) is 3.25. The summed E-state index contributed by atoms with van der Waals surface area (Å²) < 4.78 is 43.2. The zero-order valence-corrected chi connectivity index (χ0v) is 15.8. The van der Waals surface area contributed by atoms with E-state index in [1.54, 1.807) is 6.07 Å². The lowest BCUT2D eigenvalue weighted by molar-refractivity contribution is 0.451. The lowest BCUT2D eigenvalue weighted by Crippen LogP contribution is -2.30. The predicted molar refractivity (Wildman–Crippen MR) is 99.9 cm³/mol. The third kappa shape index (κ3) is 4.36. The van der Waals surface area contributed by atoms with E-state index in [0.717, 1.165) is 26.4 Å². The second-order valence-electron chi connectivity index (χ2n) is 5.79. The first-order valence-corrected chi connectivity index (χ1v) is 10.3. The average molecular weight is 420 g/mol. The Kier molecular flexibility index (Phi) is 4.85. The highest BCUT2D eigenvalue weighted by molar-refractivity contribution is 7.87. The van der Waals surface area contributed by atoms with Crippen LogP contribution in [-0.4, -0.2) is 28.6 Å². The van der Waals surface area contributed by atoms with Gasteiger partial charge in [0.1, 0.15) is 5.01 Å². The van der Waals surface area contributed by atoms with Crippen LogP contribution >= 0.6 is 11.3 Å². The smallest absolute Gasteiger partial charge is 0.274 e. The van der Waals surface area contributed by atoms with Crippen LogP contribution in [0.15, 0.2) is 40.9 Å². The zero-order chi connectivity index (χ0) is 19.7. The van der Waals surface area contributed by atoms with Crippen molar-refractivity contribution in [3.8, 4) is 11.1 Å². The van der Waals surface area contributed by atoms with Crippen LogP contribution in [0.4, 0.5) is 4.39 Å². The summed E-state index contributed by atoms with van der Waals surface area (Å²) in [5.41, 5.74) is 2.53. The van der Waals surface area contributed by atoms with Gasteiger partial charge in [0.15, 0.2) is 0 Å². The van der Waals surface area contributed by atoms with E-state index in [0.29, 0.717) is 12.3 Å². The highest BCUT2D eigenvalue weighted by Gasteiger charge is 2.13. The first kappa shape index (κ1) is 18.6. The number of hydrogen-bond donors (Lipinski definition) is 2. The molecule has 0 saturated heterocycles. The molecule has 0 aliphatic heterocycles. The second-order valence-corrected chi connectivity index (χ2v) is 8.29. The van der Waals surface area contributed by atoms with Gasteiger partial charge < -0.3 is 4.42 Å². The third-order valence-electron chi connectivity index (χ3n) is 3.73. The van der Waals surface area contributed by atoms with E-state index >= 15 is 0 Å². The number of pyridine rings is 1. The number of rotatable bonds is 6. The normalized spacial score (nSPS) is 11.9. The SMILES string of the molecule is NS(=O)(=O)NCc1nnc(Cc2nc3ccc(-c4ccc(F)nc4)cc3s2)o1. The molecule has 3 heterocycles. The lowest BCUT2D eigenvalue weighted by Gasteiger charge is -2.00. The van der Waals surface area contributed by atoms with Crippen molar-refractivity contribution >= 4 is 31.8 Å². The fourth-order valence-electron chi connectivity index (χ4n) is 2.50. The molecular weight excluding hydrogens is 407 g/mol. The maximum atomic E-state index is 13.0. The lowest BCUT2D eigenvalue weighted by atomic mass is 10.1. The van der Waals surface area contributed by atoms with Gasteiger partial charge in [0.05, 0.1) is 23.2 Å². The molecule has 0 atom stereocenters. The molecule has 0 amide bonds. The summed E-state index contributed by atoms with van der Waals surface area (Å²) in [4.78, 5) is 8.21. The number of thiazole rings is 1. The van der Waals surface area contributed by atoms with Crippen molar-refractivity contribution in [2.24, 2.45) is 5.14 Å². The number of fused-ring (bicyclic) bond motifs is 1. The molecule has 0 aliphatic rings. The van der Waals surface area contributed by atoms with Crippen LogP contribution < -0.4 is 9.86 Å². The van der Waals surface area contributed by atoms with E-state index in [2.05, 4.69) is 24.9 Å². The molecule has 12 heteroatoms. The van der Waals surface area contributed by atoms with Crippen molar-refractivity contribution in [2.75, 3.05) is 0 Å². The van der Waals surface area contributed by atoms with Gasteiger partial charge in [-0.2, -0.15) is 17.5 Å². The first-order chi connectivity index (χ1) is 13.4. The van der Waals surface area contributed by atoms with E-state index in [4.69, 9.17) is 9.56 Å². The van der Waals surface area contributed by atoms with Crippen LogP contribution in [0.5, 0.6) is 0 Å². The third-order valence-corrected chi connectivity index (χ3v) is 5.29. The van der Waals surface area contributed by atoms with Gasteiger partial charge in [0, 0.05) is 11.8 Å². The topological polar surface area (TPSA) is 137 Å². The summed E-state index contributed by atoms with van der Waals surface area (Å²) in [6.45, 7) is -0.180. The molecule has 0 unspecified atom stereocenters. The number of nitrogens with one attached hydrogen (secondary N) is 1. The van der Waals surface area contributed by atoms with E-state index < -0.39 is 16.2 Å². The highest BCUT2D eigenvalue weighted by atomic mass is 32.2. The van der Waals surface area contributed by atoms with Gasteiger partial charge in [-0.1, -0.05) is 6.07 Å². The molecule has 3 N–H and O–H groups in total. The quantitative estimate of drug-likeness (QED) is 0.453. The number of nitrogens with zero attached hydrogens (tertiary/aromatic N) is 4. The van der Waals surface area contributed by atoms with Crippen LogP contribution in [0, 0.1) is 5.95 Å². The summed E-state index contributed by atoms with van der Waals surface area (Å²) in [6.07, 6.45) is 1.79. The number of aromatic nitrogens is 4. The molecule has 3 aromatic heterocycles. The molecule has 0 bridgehead atoms. The van der Waals surface area contributed by atoms with Crippen molar-refractivity contribution in [3.05, 3.63) is 59.3 Å². The Hall–Kier alpha value is -2.80. The van der Waals surface area contributed by atoms with E-state index in [9.17, 15) is 12.8 Å². The van der Waals surface area contributed by atoms with Crippen LogP contribution in [-0.2, 0) is 23.2 Å². The minimum Gasteiger partial charge on any atom is -0.423 e. The number of nitrogens with two attached hydrogens (primary N) is 1. The van der Waals surface area contributed by atoms with Crippen molar-refractivity contribution in [3.63, 3.8) is 0 Å². The summed E-state index contributed by atoms with van der Waals surface area (Å²) in [7, 11) is -3.83. The summed E-state index contributed by atoms with van der Waals surface area (Å²) in [6, 6.07) is 8.71. The number of hydrogen-bond acceptors (Lipinski definition) is 8. The Morgan fingerprint density at radius 2 is 1.93 bits per heavy atom. The molecule has 1 aromatic carbocycles. The molecule has 0 saturated carbocycles. The summed E-state index contributed by atoms with van der Waals surface area (Å²) in [5, 5.41) is 13.3. The van der Waals surface area contributed by atoms with Crippen LogP contribution in [0.1, 0.15) is 16.8 Å².